The van der Waals surface area contributed by atoms with E-state index in [1.807, 2.05) is 54.7 Å². The number of carbonyl (C=O) groups is 2. The number of rotatable bonds is 8. The normalized spacial score (nSPS) is 17.2. The van der Waals surface area contributed by atoms with Gasteiger partial charge < -0.3 is 24.5 Å². The first kappa shape index (κ1) is 32.1. The van der Waals surface area contributed by atoms with Crippen LogP contribution in [0.2, 0.25) is 0 Å². The van der Waals surface area contributed by atoms with Gasteiger partial charge in [0.25, 0.3) is 11.8 Å². The molecule has 2 atom stereocenters. The molecule has 2 aromatic heterocycles. The van der Waals surface area contributed by atoms with Crippen molar-refractivity contribution < 1.29 is 23.1 Å². The van der Waals surface area contributed by atoms with Crippen LogP contribution in [0.5, 0.6) is 11.5 Å². The van der Waals surface area contributed by atoms with Crippen LogP contribution in [-0.2, 0) is 0 Å². The highest BCUT2D eigenvalue weighted by Gasteiger charge is 2.34. The number of carbonyl (C=O) groups excluding carboxylic acids is 2. The first-order chi connectivity index (χ1) is 24.9. The zero-order valence-electron chi connectivity index (χ0n) is 27.6. The molecule has 2 aliphatic rings. The van der Waals surface area contributed by atoms with Crippen molar-refractivity contribution in [2.45, 2.75) is 37.8 Å². The van der Waals surface area contributed by atoms with Gasteiger partial charge in [-0.1, -0.05) is 12.1 Å². The van der Waals surface area contributed by atoms with Crippen LogP contribution in [0.3, 0.4) is 0 Å². The molecule has 6 aromatic rings. The molecule has 2 saturated heterocycles. The Morgan fingerprint density at radius 3 is 1.94 bits per heavy atom. The van der Waals surface area contributed by atoms with E-state index in [0.29, 0.717) is 41.5 Å². The van der Waals surface area contributed by atoms with Gasteiger partial charge in [-0.2, -0.15) is 0 Å². The molecular formula is C40H34F2N6O3. The van der Waals surface area contributed by atoms with Crippen molar-refractivity contribution in [2.75, 3.05) is 13.1 Å². The third-order valence-electron chi connectivity index (χ3n) is 9.56. The van der Waals surface area contributed by atoms with Crippen LogP contribution >= 0.6 is 0 Å². The molecule has 2 aliphatic heterocycles. The second kappa shape index (κ2) is 13.7. The maximum absolute atomic E-state index is 13.4. The second-order valence-corrected chi connectivity index (χ2v) is 12.8. The van der Waals surface area contributed by atoms with Crippen LogP contribution in [0, 0.1) is 11.6 Å². The Hall–Kier alpha value is -6.10. The third kappa shape index (κ3) is 6.62. The molecule has 2 fully saturated rings. The van der Waals surface area contributed by atoms with E-state index in [9.17, 15) is 18.4 Å². The number of H-pyrrole nitrogens is 2. The molecule has 9 nitrogen and oxygen atoms in total. The van der Waals surface area contributed by atoms with Crippen molar-refractivity contribution in [3.05, 3.63) is 144 Å². The lowest BCUT2D eigenvalue weighted by Gasteiger charge is -2.23. The Morgan fingerprint density at radius 2 is 1.31 bits per heavy atom. The maximum atomic E-state index is 13.4. The van der Waals surface area contributed by atoms with E-state index < -0.39 is 0 Å². The van der Waals surface area contributed by atoms with Crippen molar-refractivity contribution in [1.29, 1.82) is 0 Å². The summed E-state index contributed by atoms with van der Waals surface area (Å²) in [4.78, 5) is 46.1. The quantitative estimate of drug-likeness (QED) is 0.167. The summed E-state index contributed by atoms with van der Waals surface area (Å²) in [6.45, 7) is 1.23. The molecule has 0 aliphatic carbocycles. The number of likely N-dealkylation sites (tertiary alicyclic amines) is 2. The van der Waals surface area contributed by atoms with Crippen LogP contribution in [0.25, 0.3) is 22.5 Å². The van der Waals surface area contributed by atoms with Crippen molar-refractivity contribution in [3.8, 4) is 34.0 Å². The molecule has 0 saturated carbocycles. The molecule has 0 spiro atoms. The van der Waals surface area contributed by atoms with Gasteiger partial charge in [0.2, 0.25) is 0 Å². The highest BCUT2D eigenvalue weighted by atomic mass is 19.1. The summed E-state index contributed by atoms with van der Waals surface area (Å²) in [6, 6.07) is 26.3. The number of hydrogen-bond donors (Lipinski definition) is 2. The van der Waals surface area contributed by atoms with Crippen LogP contribution in [-0.4, -0.2) is 54.6 Å². The fraction of sp³-hybridized carbons (Fsp3) is 0.200. The number of halogens is 2. The topological polar surface area (TPSA) is 107 Å². The Balaban J connectivity index is 0.925. The lowest BCUT2D eigenvalue weighted by Crippen LogP contribution is -2.31. The molecule has 4 heterocycles. The molecule has 8 rings (SSSR count). The number of benzene rings is 4. The van der Waals surface area contributed by atoms with Gasteiger partial charge in [-0.3, -0.25) is 9.59 Å². The fourth-order valence-electron chi connectivity index (χ4n) is 6.97. The van der Waals surface area contributed by atoms with E-state index in [0.717, 1.165) is 54.0 Å². The zero-order chi connectivity index (χ0) is 34.9. The monoisotopic (exact) mass is 684 g/mol. The van der Waals surface area contributed by atoms with E-state index >= 15 is 0 Å². The fourth-order valence-corrected chi connectivity index (χ4v) is 6.97. The Morgan fingerprint density at radius 1 is 0.706 bits per heavy atom. The minimum absolute atomic E-state index is 0.135. The van der Waals surface area contributed by atoms with E-state index in [1.165, 1.54) is 48.5 Å². The van der Waals surface area contributed by atoms with E-state index in [4.69, 9.17) is 9.72 Å². The van der Waals surface area contributed by atoms with Crippen molar-refractivity contribution in [2.24, 2.45) is 0 Å². The summed E-state index contributed by atoms with van der Waals surface area (Å²) < 4.78 is 33.0. The Labute approximate surface area is 292 Å². The molecule has 11 heteroatoms. The number of nitrogens with zero attached hydrogens (tertiary/aromatic N) is 4. The minimum Gasteiger partial charge on any atom is -0.457 e. The van der Waals surface area contributed by atoms with Crippen molar-refractivity contribution >= 4 is 11.8 Å². The lowest BCUT2D eigenvalue weighted by atomic mass is 10.1. The third-order valence-corrected chi connectivity index (χ3v) is 9.56. The highest BCUT2D eigenvalue weighted by molar-refractivity contribution is 5.95. The number of hydrogen-bond acceptors (Lipinski definition) is 5. The summed E-state index contributed by atoms with van der Waals surface area (Å²) >= 11 is 0. The predicted octanol–water partition coefficient (Wildman–Crippen LogP) is 8.49. The summed E-state index contributed by atoms with van der Waals surface area (Å²) in [5, 5.41) is 0. The predicted molar refractivity (Wildman–Crippen MR) is 187 cm³/mol. The van der Waals surface area contributed by atoms with Crippen molar-refractivity contribution in [3.63, 3.8) is 0 Å². The van der Waals surface area contributed by atoms with Gasteiger partial charge in [0.15, 0.2) is 0 Å². The van der Waals surface area contributed by atoms with Gasteiger partial charge in [-0.15, -0.1) is 0 Å². The molecular weight excluding hydrogens is 650 g/mol. The van der Waals surface area contributed by atoms with E-state index in [1.54, 1.807) is 16.0 Å². The zero-order valence-corrected chi connectivity index (χ0v) is 27.6. The highest BCUT2D eigenvalue weighted by Crippen LogP contribution is 2.35. The van der Waals surface area contributed by atoms with E-state index in [2.05, 4.69) is 15.0 Å². The van der Waals surface area contributed by atoms with Crippen LogP contribution in [0.15, 0.2) is 109 Å². The first-order valence-electron chi connectivity index (χ1n) is 17.0. The lowest BCUT2D eigenvalue weighted by molar-refractivity contribution is 0.0723. The standard InChI is InChI=1S/C40H34F2N6O3/c41-29-14-8-26(9-15-29)39(49)47-20-2-6-35(47)37-43-23-33(45-37)25-12-18-31(19-13-25)51-32-5-1-4-28(22-32)34-24-44-38(46-34)36-7-3-21-48(36)40(50)27-10-16-30(42)17-11-27/h1,4-5,8-19,22-24,35-36H,2-3,6-7,20-21H2,(H,43,45)(H,44,46)/t35-,36-/m0/s1. The van der Waals surface area contributed by atoms with Crippen LogP contribution < -0.4 is 4.74 Å². The number of imidazole rings is 2. The number of ether oxygens (including phenoxy) is 1. The number of aromatic nitrogens is 4. The van der Waals surface area contributed by atoms with E-state index in [-0.39, 0.29) is 35.5 Å². The summed E-state index contributed by atoms with van der Waals surface area (Å²) in [5.41, 5.74) is 4.27. The van der Waals surface area contributed by atoms with Crippen molar-refractivity contribution in [1.82, 2.24) is 29.7 Å². The van der Waals surface area contributed by atoms with Crippen LogP contribution in [0.1, 0.15) is 70.1 Å². The number of nitrogens with one attached hydrogen (secondary N) is 2. The SMILES string of the molecule is O=C(c1ccc(F)cc1)N1CCC[C@H]1c1nc(-c2cccc(Oc3ccc(-c4cnc([C@@H]5CCCN5C(=O)c5ccc(F)cc5)[nH]4)cc3)c2)c[nH]1. The molecule has 256 valence electrons. The average molecular weight is 685 g/mol. The molecule has 0 unspecified atom stereocenters. The largest absolute Gasteiger partial charge is 0.457 e. The molecule has 2 amide bonds. The average Bonchev–Trinajstić information content (AvgIpc) is 3.99. The van der Waals surface area contributed by atoms with Gasteiger partial charge in [0.05, 0.1) is 29.7 Å². The van der Waals surface area contributed by atoms with Gasteiger partial charge in [-0.25, -0.2) is 18.7 Å². The van der Waals surface area contributed by atoms with Crippen LogP contribution in [0.4, 0.5) is 8.78 Å². The molecule has 51 heavy (non-hydrogen) atoms. The second-order valence-electron chi connectivity index (χ2n) is 12.8. The molecule has 0 radical (unpaired) electrons. The first-order valence-corrected chi connectivity index (χ1v) is 17.0. The minimum atomic E-state index is -0.375. The van der Waals surface area contributed by atoms with Gasteiger partial charge in [-0.05, 0) is 116 Å². The number of aromatic amines is 2. The molecule has 2 N–H and O–H groups in total. The summed E-state index contributed by atoms with van der Waals surface area (Å²) in [7, 11) is 0. The Bertz CT molecular complexity index is 2180. The molecule has 0 bridgehead atoms. The van der Waals surface area contributed by atoms with Gasteiger partial charge in [0, 0.05) is 36.0 Å². The maximum Gasteiger partial charge on any atom is 0.254 e. The summed E-state index contributed by atoms with van der Waals surface area (Å²) in [6.07, 6.45) is 6.91. The molecule has 4 aromatic carbocycles. The smallest absolute Gasteiger partial charge is 0.254 e. The van der Waals surface area contributed by atoms with Gasteiger partial charge in [0.1, 0.15) is 34.8 Å². The van der Waals surface area contributed by atoms with Gasteiger partial charge >= 0.3 is 0 Å². The Kier molecular flexibility index (Phi) is 8.61. The summed E-state index contributed by atoms with van der Waals surface area (Å²) in [5.74, 6) is 1.71. The number of amides is 2.